The lowest BCUT2D eigenvalue weighted by atomic mass is 9.96. The third kappa shape index (κ3) is 8.21. The average molecular weight is 431 g/mol. The summed E-state index contributed by atoms with van der Waals surface area (Å²) in [5, 5.41) is 14.9. The Hall–Kier alpha value is -3.20. The van der Waals surface area contributed by atoms with Crippen molar-refractivity contribution < 1.29 is 24.2 Å². The Balaban J connectivity index is 2.04. The van der Waals surface area contributed by atoms with Gasteiger partial charge in [-0.2, -0.15) is 0 Å². The molecule has 0 bridgehead atoms. The summed E-state index contributed by atoms with van der Waals surface area (Å²) < 4.78 is 10.7. The number of aromatic nitrogens is 2. The number of nitrogens with one attached hydrogen (secondary N) is 2. The van der Waals surface area contributed by atoms with Crippen LogP contribution in [0.25, 0.3) is 0 Å². The number of anilines is 2. The minimum Gasteiger partial charge on any atom is -0.444 e. The highest BCUT2D eigenvalue weighted by Gasteiger charge is 2.26. The zero-order valence-electron chi connectivity index (χ0n) is 18.8. The van der Waals surface area contributed by atoms with Gasteiger partial charge in [-0.3, -0.25) is 10.6 Å². The van der Waals surface area contributed by atoms with Gasteiger partial charge in [-0.15, -0.1) is 0 Å². The van der Waals surface area contributed by atoms with Crippen molar-refractivity contribution in [2.75, 3.05) is 10.6 Å². The standard InChI is InChI=1S/C22H30N4O5/c1-14-7-8-23-17(9-14)25-20(29)31-22(5,6)11-16-12-24-18(10-15(16)13-27)26-19(28)30-21(2,3)4/h7-10,12,27H,11,13H2,1-6H3,(H,23,25,29)(H,24,26,28). The maximum atomic E-state index is 12.3. The lowest BCUT2D eigenvalue weighted by Gasteiger charge is -2.26. The van der Waals surface area contributed by atoms with E-state index in [0.29, 0.717) is 23.4 Å². The van der Waals surface area contributed by atoms with Crippen LogP contribution < -0.4 is 10.6 Å². The summed E-state index contributed by atoms with van der Waals surface area (Å²) >= 11 is 0. The molecule has 9 heteroatoms. The molecule has 0 unspecified atom stereocenters. The van der Waals surface area contributed by atoms with E-state index in [1.165, 1.54) is 6.20 Å². The smallest absolute Gasteiger partial charge is 0.413 e. The molecule has 0 fully saturated rings. The molecule has 0 aromatic carbocycles. The molecular formula is C22H30N4O5. The normalized spacial score (nSPS) is 11.6. The first-order valence-corrected chi connectivity index (χ1v) is 9.88. The van der Waals surface area contributed by atoms with Crippen molar-refractivity contribution in [1.82, 2.24) is 9.97 Å². The quantitative estimate of drug-likeness (QED) is 0.628. The zero-order valence-corrected chi connectivity index (χ0v) is 18.8. The fourth-order valence-corrected chi connectivity index (χ4v) is 2.79. The Labute approximate surface area is 182 Å². The van der Waals surface area contributed by atoms with Gasteiger partial charge in [-0.05, 0) is 76.4 Å². The first kappa shape index (κ1) is 24.1. The molecule has 2 rings (SSSR count). The minimum absolute atomic E-state index is 0.254. The Morgan fingerprint density at radius 2 is 1.58 bits per heavy atom. The van der Waals surface area contributed by atoms with Crippen molar-refractivity contribution in [2.45, 2.75) is 65.8 Å². The van der Waals surface area contributed by atoms with Crippen molar-refractivity contribution in [1.29, 1.82) is 0 Å². The molecule has 0 aliphatic rings. The van der Waals surface area contributed by atoms with Gasteiger partial charge in [0.1, 0.15) is 22.8 Å². The highest BCUT2D eigenvalue weighted by atomic mass is 16.6. The largest absolute Gasteiger partial charge is 0.444 e. The molecule has 0 aliphatic carbocycles. The molecule has 0 spiro atoms. The van der Waals surface area contributed by atoms with E-state index < -0.39 is 23.4 Å². The molecule has 2 aromatic heterocycles. The number of carbonyl (C=O) groups is 2. The number of aliphatic hydroxyl groups is 1. The number of hydrogen-bond acceptors (Lipinski definition) is 7. The molecule has 2 aromatic rings. The number of nitrogens with zero attached hydrogens (tertiary/aromatic N) is 2. The number of rotatable bonds is 6. The van der Waals surface area contributed by atoms with Gasteiger partial charge in [0, 0.05) is 18.8 Å². The summed E-state index contributed by atoms with van der Waals surface area (Å²) in [4.78, 5) is 32.5. The van der Waals surface area contributed by atoms with E-state index in [-0.39, 0.29) is 12.4 Å². The average Bonchev–Trinajstić information content (AvgIpc) is 2.60. The number of aryl methyl sites for hydroxylation is 1. The molecule has 0 atom stereocenters. The van der Waals surface area contributed by atoms with Crippen LogP contribution in [0, 0.1) is 6.92 Å². The van der Waals surface area contributed by atoms with Crippen LogP contribution in [0.5, 0.6) is 0 Å². The minimum atomic E-state index is -0.889. The maximum Gasteiger partial charge on any atom is 0.413 e. The van der Waals surface area contributed by atoms with E-state index >= 15 is 0 Å². The van der Waals surface area contributed by atoms with Gasteiger partial charge in [0.2, 0.25) is 0 Å². The summed E-state index contributed by atoms with van der Waals surface area (Å²) in [6, 6.07) is 5.12. The van der Waals surface area contributed by atoms with E-state index in [2.05, 4.69) is 20.6 Å². The van der Waals surface area contributed by atoms with Gasteiger partial charge < -0.3 is 14.6 Å². The Morgan fingerprint density at radius 3 is 2.16 bits per heavy atom. The van der Waals surface area contributed by atoms with Crippen LogP contribution >= 0.6 is 0 Å². The molecule has 2 amide bonds. The van der Waals surface area contributed by atoms with Crippen LogP contribution in [-0.2, 0) is 22.5 Å². The number of aliphatic hydroxyl groups excluding tert-OH is 1. The lowest BCUT2D eigenvalue weighted by Crippen LogP contribution is -2.33. The second-order valence-electron chi connectivity index (χ2n) is 8.79. The SMILES string of the molecule is Cc1ccnc(NC(=O)OC(C)(C)Cc2cnc(NC(=O)OC(C)(C)C)cc2CO)c1. The molecule has 2 heterocycles. The molecule has 31 heavy (non-hydrogen) atoms. The lowest BCUT2D eigenvalue weighted by molar-refractivity contribution is 0.0488. The fourth-order valence-electron chi connectivity index (χ4n) is 2.79. The van der Waals surface area contributed by atoms with E-state index in [0.717, 1.165) is 5.56 Å². The predicted molar refractivity (Wildman–Crippen MR) is 117 cm³/mol. The Kier molecular flexibility index (Phi) is 7.56. The van der Waals surface area contributed by atoms with E-state index in [4.69, 9.17) is 9.47 Å². The van der Waals surface area contributed by atoms with Crippen molar-refractivity contribution in [2.24, 2.45) is 0 Å². The predicted octanol–water partition coefficient (Wildman–Crippen LogP) is 4.19. The highest BCUT2D eigenvalue weighted by Crippen LogP contribution is 2.23. The summed E-state index contributed by atoms with van der Waals surface area (Å²) in [5.74, 6) is 0.653. The Morgan fingerprint density at radius 1 is 0.968 bits per heavy atom. The Bertz CT molecular complexity index is 938. The zero-order chi connectivity index (χ0) is 23.2. The van der Waals surface area contributed by atoms with Crippen molar-refractivity contribution >= 4 is 23.8 Å². The first-order valence-electron chi connectivity index (χ1n) is 9.88. The number of ether oxygens (including phenoxy) is 2. The van der Waals surface area contributed by atoms with Gasteiger partial charge in [0.15, 0.2) is 0 Å². The van der Waals surface area contributed by atoms with Crippen LogP contribution in [0.3, 0.4) is 0 Å². The van der Waals surface area contributed by atoms with Crippen LogP contribution in [0.1, 0.15) is 51.3 Å². The molecule has 3 N–H and O–H groups in total. The number of carbonyl (C=O) groups excluding carboxylic acids is 2. The third-order valence-corrected chi connectivity index (χ3v) is 4.01. The molecule has 0 radical (unpaired) electrons. The van der Waals surface area contributed by atoms with Crippen LogP contribution in [0.15, 0.2) is 30.6 Å². The van der Waals surface area contributed by atoms with Crippen molar-refractivity contribution in [3.8, 4) is 0 Å². The van der Waals surface area contributed by atoms with Crippen molar-refractivity contribution in [3.63, 3.8) is 0 Å². The van der Waals surface area contributed by atoms with Gasteiger partial charge in [-0.25, -0.2) is 19.6 Å². The van der Waals surface area contributed by atoms with Crippen LogP contribution in [0.4, 0.5) is 21.2 Å². The maximum absolute atomic E-state index is 12.3. The highest BCUT2D eigenvalue weighted by molar-refractivity contribution is 5.84. The van der Waals surface area contributed by atoms with Gasteiger partial charge >= 0.3 is 12.2 Å². The second-order valence-corrected chi connectivity index (χ2v) is 8.79. The number of hydrogen-bond donors (Lipinski definition) is 3. The van der Waals surface area contributed by atoms with E-state index in [1.807, 2.05) is 13.0 Å². The van der Waals surface area contributed by atoms with Crippen LogP contribution in [0.2, 0.25) is 0 Å². The number of amides is 2. The second kappa shape index (κ2) is 9.74. The molecule has 0 aliphatic heterocycles. The number of pyridine rings is 2. The summed E-state index contributed by atoms with van der Waals surface area (Å²) in [7, 11) is 0. The summed E-state index contributed by atoms with van der Waals surface area (Å²) in [6.45, 7) is 10.4. The van der Waals surface area contributed by atoms with E-state index in [1.54, 1.807) is 52.9 Å². The van der Waals surface area contributed by atoms with E-state index in [9.17, 15) is 14.7 Å². The summed E-state index contributed by atoms with van der Waals surface area (Å²) in [6.07, 6.45) is 2.16. The van der Waals surface area contributed by atoms with Crippen molar-refractivity contribution in [3.05, 3.63) is 47.3 Å². The summed E-state index contributed by atoms with van der Waals surface area (Å²) in [5.41, 5.74) is 0.671. The molecular weight excluding hydrogens is 400 g/mol. The molecule has 0 saturated carbocycles. The fraction of sp³-hybridized carbons (Fsp3) is 0.455. The monoisotopic (exact) mass is 430 g/mol. The van der Waals surface area contributed by atoms with Gasteiger partial charge in [0.05, 0.1) is 6.61 Å². The molecule has 0 saturated heterocycles. The molecule has 168 valence electrons. The van der Waals surface area contributed by atoms with Gasteiger partial charge in [-0.1, -0.05) is 0 Å². The third-order valence-electron chi connectivity index (χ3n) is 4.01. The first-order chi connectivity index (χ1) is 14.4. The molecule has 9 nitrogen and oxygen atoms in total. The van der Waals surface area contributed by atoms with Gasteiger partial charge in [0.25, 0.3) is 0 Å². The van der Waals surface area contributed by atoms with Crippen LogP contribution in [-0.4, -0.2) is 38.5 Å². The topological polar surface area (TPSA) is 123 Å².